The van der Waals surface area contributed by atoms with Crippen LogP contribution >= 0.6 is 0 Å². The van der Waals surface area contributed by atoms with Gasteiger partial charge in [0, 0.05) is 18.7 Å². The van der Waals surface area contributed by atoms with Gasteiger partial charge in [-0.2, -0.15) is 0 Å². The van der Waals surface area contributed by atoms with Gasteiger partial charge in [-0.05, 0) is 56.2 Å². The number of nitrogens with zero attached hydrogens (tertiary/aromatic N) is 1. The number of amides is 1. The van der Waals surface area contributed by atoms with Crippen LogP contribution in [0.3, 0.4) is 0 Å². The highest BCUT2D eigenvalue weighted by Crippen LogP contribution is 2.26. The number of benzene rings is 2. The van der Waals surface area contributed by atoms with Crippen LogP contribution in [0.5, 0.6) is 0 Å². The average molecular weight is 375 g/mol. The number of carbonyl (C=O) groups is 1. The van der Waals surface area contributed by atoms with E-state index in [4.69, 9.17) is 0 Å². The number of sulfonamides is 1. The number of rotatable bonds is 7. The number of carbonyl (C=O) groups excluding carboxylic acids is 1. The van der Waals surface area contributed by atoms with E-state index in [1.54, 1.807) is 55.5 Å². The van der Waals surface area contributed by atoms with Crippen molar-refractivity contribution in [2.24, 2.45) is 0 Å². The van der Waals surface area contributed by atoms with Gasteiger partial charge in [-0.15, -0.1) is 0 Å². The molecule has 0 radical (unpaired) electrons. The number of hydrogen-bond acceptors (Lipinski definition) is 3. The Balaban J connectivity index is 2.25. The van der Waals surface area contributed by atoms with E-state index in [1.807, 2.05) is 6.92 Å². The quantitative estimate of drug-likeness (QED) is 0.803. The fourth-order valence-corrected chi connectivity index (χ4v) is 4.12. The maximum Gasteiger partial charge on any atom is 0.264 e. The Morgan fingerprint density at radius 3 is 2.38 bits per heavy atom. The van der Waals surface area contributed by atoms with Crippen LogP contribution in [0.1, 0.15) is 42.6 Å². The molecule has 140 valence electrons. The third kappa shape index (κ3) is 4.43. The third-order valence-electron chi connectivity index (χ3n) is 4.30. The topological polar surface area (TPSA) is 66.5 Å². The summed E-state index contributed by atoms with van der Waals surface area (Å²) in [5, 5.41) is 2.96. The van der Waals surface area contributed by atoms with Gasteiger partial charge in [-0.25, -0.2) is 8.42 Å². The summed E-state index contributed by atoms with van der Waals surface area (Å²) < 4.78 is 26.8. The average Bonchev–Trinajstić information content (AvgIpc) is 2.62. The van der Waals surface area contributed by atoms with Crippen LogP contribution in [0, 0.1) is 6.92 Å². The molecule has 0 saturated heterocycles. The SMILES string of the molecule is CCC[C@H](C)NC(=O)c1ccc(N(C)S(=O)(=O)c2ccccc2)c(C)c1. The van der Waals surface area contributed by atoms with Gasteiger partial charge in [0.15, 0.2) is 0 Å². The first kappa shape index (κ1) is 20.0. The van der Waals surface area contributed by atoms with Gasteiger partial charge in [0.2, 0.25) is 0 Å². The highest BCUT2D eigenvalue weighted by Gasteiger charge is 2.22. The molecule has 2 rings (SSSR count). The van der Waals surface area contributed by atoms with Gasteiger partial charge in [0.25, 0.3) is 15.9 Å². The molecule has 0 spiro atoms. The predicted molar refractivity (Wildman–Crippen MR) is 105 cm³/mol. The molecule has 6 heteroatoms. The lowest BCUT2D eigenvalue weighted by atomic mass is 10.1. The Labute approximate surface area is 156 Å². The number of aryl methyl sites for hydroxylation is 1. The smallest absolute Gasteiger partial charge is 0.264 e. The minimum absolute atomic E-state index is 0.105. The first-order valence-corrected chi connectivity index (χ1v) is 10.2. The van der Waals surface area contributed by atoms with Crippen LogP contribution in [-0.2, 0) is 10.0 Å². The van der Waals surface area contributed by atoms with Crippen molar-refractivity contribution in [3.05, 3.63) is 59.7 Å². The van der Waals surface area contributed by atoms with E-state index in [0.29, 0.717) is 11.3 Å². The molecule has 26 heavy (non-hydrogen) atoms. The fourth-order valence-electron chi connectivity index (χ4n) is 2.84. The molecule has 1 N–H and O–H groups in total. The van der Waals surface area contributed by atoms with Gasteiger partial charge < -0.3 is 5.32 Å². The Hall–Kier alpha value is -2.34. The zero-order chi connectivity index (χ0) is 19.3. The van der Waals surface area contributed by atoms with Crippen LogP contribution in [0.25, 0.3) is 0 Å². The molecule has 0 aromatic heterocycles. The minimum atomic E-state index is -3.64. The summed E-state index contributed by atoms with van der Waals surface area (Å²) in [5.41, 5.74) is 1.80. The van der Waals surface area contributed by atoms with Crippen molar-refractivity contribution in [2.45, 2.75) is 44.6 Å². The maximum atomic E-state index is 12.8. The van der Waals surface area contributed by atoms with E-state index in [2.05, 4.69) is 12.2 Å². The van der Waals surface area contributed by atoms with Crippen molar-refractivity contribution in [1.29, 1.82) is 0 Å². The first-order chi connectivity index (χ1) is 12.3. The second-order valence-electron chi connectivity index (χ2n) is 6.45. The van der Waals surface area contributed by atoms with Gasteiger partial charge in [-0.1, -0.05) is 31.5 Å². The lowest BCUT2D eigenvalue weighted by Crippen LogP contribution is -2.32. The number of nitrogens with one attached hydrogen (secondary N) is 1. The Bertz CT molecular complexity index is 864. The maximum absolute atomic E-state index is 12.8. The van der Waals surface area contributed by atoms with Crippen LogP contribution < -0.4 is 9.62 Å². The predicted octanol–water partition coefficient (Wildman–Crippen LogP) is 3.74. The molecule has 0 bridgehead atoms. The summed E-state index contributed by atoms with van der Waals surface area (Å²) >= 11 is 0. The van der Waals surface area contributed by atoms with E-state index >= 15 is 0 Å². The molecule has 0 unspecified atom stereocenters. The van der Waals surface area contributed by atoms with E-state index in [1.165, 1.54) is 11.4 Å². The summed E-state index contributed by atoms with van der Waals surface area (Å²) in [6, 6.07) is 13.5. The normalized spacial score (nSPS) is 12.5. The van der Waals surface area contributed by atoms with E-state index < -0.39 is 10.0 Å². The van der Waals surface area contributed by atoms with Crippen molar-refractivity contribution in [2.75, 3.05) is 11.4 Å². The van der Waals surface area contributed by atoms with Crippen LogP contribution in [-0.4, -0.2) is 27.4 Å². The molecule has 5 nitrogen and oxygen atoms in total. The molecular weight excluding hydrogens is 348 g/mol. The van der Waals surface area contributed by atoms with Gasteiger partial charge >= 0.3 is 0 Å². The summed E-state index contributed by atoms with van der Waals surface area (Å²) in [6.07, 6.45) is 1.92. The highest BCUT2D eigenvalue weighted by molar-refractivity contribution is 7.92. The largest absolute Gasteiger partial charge is 0.350 e. The molecule has 1 atom stereocenters. The third-order valence-corrected chi connectivity index (χ3v) is 6.08. The summed E-state index contributed by atoms with van der Waals surface area (Å²) in [7, 11) is -2.12. The zero-order valence-corrected chi connectivity index (χ0v) is 16.5. The van der Waals surface area contributed by atoms with Gasteiger partial charge in [0.05, 0.1) is 10.6 Å². The molecular formula is C20H26N2O3S. The lowest BCUT2D eigenvalue weighted by molar-refractivity contribution is 0.0938. The van der Waals surface area contributed by atoms with Crippen molar-refractivity contribution >= 4 is 21.6 Å². The molecule has 0 aliphatic rings. The van der Waals surface area contributed by atoms with E-state index in [9.17, 15) is 13.2 Å². The molecule has 0 aliphatic carbocycles. The molecule has 2 aromatic rings. The molecule has 2 aromatic carbocycles. The van der Waals surface area contributed by atoms with E-state index in [-0.39, 0.29) is 16.8 Å². The van der Waals surface area contributed by atoms with Gasteiger partial charge in [-0.3, -0.25) is 9.10 Å². The Morgan fingerprint density at radius 1 is 1.15 bits per heavy atom. The first-order valence-electron chi connectivity index (χ1n) is 8.73. The second-order valence-corrected chi connectivity index (χ2v) is 8.42. The van der Waals surface area contributed by atoms with E-state index in [0.717, 1.165) is 18.4 Å². The highest BCUT2D eigenvalue weighted by atomic mass is 32.2. The van der Waals surface area contributed by atoms with Crippen molar-refractivity contribution in [3.63, 3.8) is 0 Å². The van der Waals surface area contributed by atoms with Crippen molar-refractivity contribution < 1.29 is 13.2 Å². The molecule has 0 heterocycles. The van der Waals surface area contributed by atoms with Crippen molar-refractivity contribution in [1.82, 2.24) is 5.32 Å². The second kappa shape index (κ2) is 8.36. The minimum Gasteiger partial charge on any atom is -0.350 e. The Morgan fingerprint density at radius 2 is 1.81 bits per heavy atom. The van der Waals surface area contributed by atoms with Crippen molar-refractivity contribution in [3.8, 4) is 0 Å². The summed E-state index contributed by atoms with van der Waals surface area (Å²) in [4.78, 5) is 12.6. The number of hydrogen-bond donors (Lipinski definition) is 1. The van der Waals surface area contributed by atoms with Crippen LogP contribution in [0.2, 0.25) is 0 Å². The molecule has 1 amide bonds. The molecule has 0 saturated carbocycles. The summed E-state index contributed by atoms with van der Waals surface area (Å²) in [5.74, 6) is -0.144. The molecule has 0 aliphatic heterocycles. The molecule has 0 fully saturated rings. The van der Waals surface area contributed by atoms with Crippen LogP contribution in [0.15, 0.2) is 53.4 Å². The standard InChI is InChI=1S/C20H26N2O3S/c1-5-9-16(3)21-20(23)17-12-13-19(15(2)14-17)22(4)26(24,25)18-10-7-6-8-11-18/h6-8,10-14,16H,5,9H2,1-4H3,(H,21,23)/t16-/m0/s1. The fraction of sp³-hybridized carbons (Fsp3) is 0.350. The van der Waals surface area contributed by atoms with Crippen LogP contribution in [0.4, 0.5) is 5.69 Å². The van der Waals surface area contributed by atoms with Gasteiger partial charge in [0.1, 0.15) is 0 Å². The Kier molecular flexibility index (Phi) is 6.42. The number of anilines is 1. The lowest BCUT2D eigenvalue weighted by Gasteiger charge is -2.22. The zero-order valence-electron chi connectivity index (χ0n) is 15.7. The monoisotopic (exact) mass is 374 g/mol. The summed E-state index contributed by atoms with van der Waals surface area (Å²) in [6.45, 7) is 5.85.